The van der Waals surface area contributed by atoms with Crippen LogP contribution < -0.4 is 0 Å². The molecule has 0 aromatic rings. The lowest BCUT2D eigenvalue weighted by atomic mass is 9.86. The van der Waals surface area contributed by atoms with Gasteiger partial charge in [-0.25, -0.2) is 0 Å². The first kappa shape index (κ1) is 9.06. The Morgan fingerprint density at radius 2 is 2.00 bits per heavy atom. The maximum atomic E-state index is 2.30. The molecular weight excluding hydrogens is 107 g/mol. The smallest absolute Gasteiger partial charge is 0.0783 e. The molecule has 0 aliphatic rings. The fourth-order valence-corrected chi connectivity index (χ4v) is 1.19. The third-order valence-corrected chi connectivity index (χ3v) is 2.12. The van der Waals surface area contributed by atoms with Crippen LogP contribution in [0.15, 0.2) is 0 Å². The van der Waals surface area contributed by atoms with Gasteiger partial charge in [0.25, 0.3) is 0 Å². The van der Waals surface area contributed by atoms with Crippen LogP contribution in [0.25, 0.3) is 0 Å². The van der Waals surface area contributed by atoms with E-state index in [0.717, 1.165) is 5.92 Å². The van der Waals surface area contributed by atoms with Gasteiger partial charge in [-0.2, -0.15) is 0 Å². The number of hydrogen-bond donors (Lipinski definition) is 0. The van der Waals surface area contributed by atoms with E-state index in [1.165, 1.54) is 32.0 Å². The molecule has 0 aromatic heterocycles. The monoisotopic (exact) mass is 126 g/mol. The Labute approximate surface area is 60.4 Å². The van der Waals surface area contributed by atoms with Gasteiger partial charge in [-0.05, 0) is 5.92 Å². The van der Waals surface area contributed by atoms with E-state index in [1.54, 1.807) is 0 Å². The molecule has 0 heterocycles. The van der Waals surface area contributed by atoms with E-state index >= 15 is 0 Å². The quantitative estimate of drug-likeness (QED) is 0.495. The van der Waals surface area contributed by atoms with E-state index in [0.29, 0.717) is 0 Å². The molecule has 1 heteroatoms. The molecular formula is C8H19B. The van der Waals surface area contributed by atoms with Crippen molar-refractivity contribution in [2.45, 2.75) is 45.9 Å². The van der Waals surface area contributed by atoms with Gasteiger partial charge in [0.2, 0.25) is 0 Å². The van der Waals surface area contributed by atoms with Gasteiger partial charge in [0.05, 0.1) is 0 Å². The summed E-state index contributed by atoms with van der Waals surface area (Å²) in [4.78, 5) is 0. The summed E-state index contributed by atoms with van der Waals surface area (Å²) in [6.07, 6.45) is 6.97. The standard InChI is InChI=1S/C8H19B/c1-3-5-6-8(4-2)7-9/h8H,3-7,9H2,1-2H3. The Morgan fingerprint density at radius 1 is 1.33 bits per heavy atom. The lowest BCUT2D eigenvalue weighted by Gasteiger charge is -2.09. The van der Waals surface area contributed by atoms with Crippen molar-refractivity contribution in [3.8, 4) is 0 Å². The highest BCUT2D eigenvalue weighted by molar-refractivity contribution is 6.08. The van der Waals surface area contributed by atoms with E-state index in [4.69, 9.17) is 0 Å². The maximum absolute atomic E-state index is 2.30. The van der Waals surface area contributed by atoms with Crippen LogP contribution in [-0.2, 0) is 0 Å². The van der Waals surface area contributed by atoms with Crippen molar-refractivity contribution in [2.24, 2.45) is 5.92 Å². The lowest BCUT2D eigenvalue weighted by Crippen LogP contribution is -1.96. The zero-order chi connectivity index (χ0) is 7.11. The highest BCUT2D eigenvalue weighted by Gasteiger charge is 2.00. The van der Waals surface area contributed by atoms with Gasteiger partial charge in [-0.3, -0.25) is 0 Å². The zero-order valence-electron chi connectivity index (χ0n) is 7.11. The topological polar surface area (TPSA) is 0 Å². The van der Waals surface area contributed by atoms with Gasteiger partial charge in [0.15, 0.2) is 0 Å². The molecule has 0 spiro atoms. The van der Waals surface area contributed by atoms with Crippen molar-refractivity contribution in [3.05, 3.63) is 0 Å². The SMILES string of the molecule is BCC(CC)CCCC. The van der Waals surface area contributed by atoms with Crippen molar-refractivity contribution < 1.29 is 0 Å². The first-order valence-corrected chi connectivity index (χ1v) is 4.35. The molecule has 9 heavy (non-hydrogen) atoms. The van der Waals surface area contributed by atoms with E-state index < -0.39 is 0 Å². The second kappa shape index (κ2) is 6.19. The van der Waals surface area contributed by atoms with Crippen LogP contribution in [0.4, 0.5) is 0 Å². The first-order chi connectivity index (χ1) is 4.35. The Hall–Kier alpha value is 0.0649. The highest BCUT2D eigenvalue weighted by atomic mass is 14.0. The van der Waals surface area contributed by atoms with Gasteiger partial charge >= 0.3 is 0 Å². The molecule has 0 saturated heterocycles. The molecule has 0 radical (unpaired) electrons. The minimum Gasteiger partial charge on any atom is -0.0783 e. The van der Waals surface area contributed by atoms with Crippen molar-refractivity contribution >= 4 is 7.85 Å². The summed E-state index contributed by atoms with van der Waals surface area (Å²) in [7, 11) is 2.30. The van der Waals surface area contributed by atoms with Crippen LogP contribution in [0.2, 0.25) is 6.32 Å². The van der Waals surface area contributed by atoms with Gasteiger partial charge in [-0.15, -0.1) is 0 Å². The van der Waals surface area contributed by atoms with Crippen molar-refractivity contribution in [2.75, 3.05) is 0 Å². The summed E-state index contributed by atoms with van der Waals surface area (Å²) in [5.41, 5.74) is 0. The Morgan fingerprint density at radius 3 is 2.33 bits per heavy atom. The zero-order valence-corrected chi connectivity index (χ0v) is 7.11. The number of rotatable bonds is 5. The van der Waals surface area contributed by atoms with Gasteiger partial charge in [-0.1, -0.05) is 45.9 Å². The summed E-state index contributed by atoms with van der Waals surface area (Å²) >= 11 is 0. The Bertz CT molecular complexity index is 48.5. The van der Waals surface area contributed by atoms with Crippen LogP contribution >= 0.6 is 0 Å². The predicted molar refractivity (Wildman–Crippen MR) is 46.7 cm³/mol. The van der Waals surface area contributed by atoms with E-state index in [9.17, 15) is 0 Å². The van der Waals surface area contributed by atoms with Crippen LogP contribution in [0.1, 0.15) is 39.5 Å². The van der Waals surface area contributed by atoms with E-state index in [1.807, 2.05) is 0 Å². The molecule has 54 valence electrons. The minimum absolute atomic E-state index is 1.00. The summed E-state index contributed by atoms with van der Waals surface area (Å²) < 4.78 is 0. The van der Waals surface area contributed by atoms with Crippen LogP contribution in [0.5, 0.6) is 0 Å². The molecule has 0 aromatic carbocycles. The molecule has 0 amide bonds. The van der Waals surface area contributed by atoms with Crippen molar-refractivity contribution in [3.63, 3.8) is 0 Å². The second-order valence-electron chi connectivity index (χ2n) is 2.82. The molecule has 1 unspecified atom stereocenters. The molecule has 0 aliphatic carbocycles. The first-order valence-electron chi connectivity index (χ1n) is 4.35. The maximum Gasteiger partial charge on any atom is 0.101 e. The molecule has 0 N–H and O–H groups in total. The molecule has 0 saturated carbocycles. The fraction of sp³-hybridized carbons (Fsp3) is 1.00. The summed E-state index contributed by atoms with van der Waals surface area (Å²) in [6, 6.07) is 0. The molecule has 0 bridgehead atoms. The Kier molecular flexibility index (Phi) is 6.23. The summed E-state index contributed by atoms with van der Waals surface area (Å²) in [5, 5.41) is 0. The molecule has 0 nitrogen and oxygen atoms in total. The van der Waals surface area contributed by atoms with Gasteiger partial charge in [0.1, 0.15) is 7.85 Å². The largest absolute Gasteiger partial charge is 0.101 e. The third kappa shape index (κ3) is 4.56. The second-order valence-corrected chi connectivity index (χ2v) is 2.82. The van der Waals surface area contributed by atoms with E-state index in [2.05, 4.69) is 21.7 Å². The Balaban J connectivity index is 3.09. The summed E-state index contributed by atoms with van der Waals surface area (Å²) in [5.74, 6) is 1.00. The van der Waals surface area contributed by atoms with Gasteiger partial charge < -0.3 is 0 Å². The van der Waals surface area contributed by atoms with Gasteiger partial charge in [0, 0.05) is 0 Å². The average molecular weight is 126 g/mol. The van der Waals surface area contributed by atoms with Crippen LogP contribution in [-0.4, -0.2) is 7.85 Å². The molecule has 0 fully saturated rings. The predicted octanol–water partition coefficient (Wildman–Crippen LogP) is 2.25. The highest BCUT2D eigenvalue weighted by Crippen LogP contribution is 2.14. The normalized spacial score (nSPS) is 13.6. The minimum atomic E-state index is 1.00. The average Bonchev–Trinajstić information content (AvgIpc) is 1.91. The third-order valence-electron chi connectivity index (χ3n) is 2.12. The lowest BCUT2D eigenvalue weighted by molar-refractivity contribution is 0.492. The number of hydrogen-bond acceptors (Lipinski definition) is 0. The van der Waals surface area contributed by atoms with Crippen molar-refractivity contribution in [1.29, 1.82) is 0 Å². The fourth-order valence-electron chi connectivity index (χ4n) is 1.19. The summed E-state index contributed by atoms with van der Waals surface area (Å²) in [6.45, 7) is 4.56. The molecule has 0 aliphatic heterocycles. The molecule has 0 rings (SSSR count). The van der Waals surface area contributed by atoms with E-state index in [-0.39, 0.29) is 0 Å². The molecule has 1 atom stereocenters. The number of unbranched alkanes of at least 4 members (excludes halogenated alkanes) is 1. The van der Waals surface area contributed by atoms with Crippen LogP contribution in [0, 0.1) is 5.92 Å². The van der Waals surface area contributed by atoms with Crippen LogP contribution in [0.3, 0.4) is 0 Å². The van der Waals surface area contributed by atoms with Crippen molar-refractivity contribution in [1.82, 2.24) is 0 Å².